The molecule has 0 aliphatic carbocycles. The van der Waals surface area contributed by atoms with Crippen molar-refractivity contribution in [1.29, 1.82) is 0 Å². The Labute approximate surface area is 160 Å². The van der Waals surface area contributed by atoms with E-state index >= 15 is 0 Å². The van der Waals surface area contributed by atoms with Crippen molar-refractivity contribution >= 4 is 23.4 Å². The highest BCUT2D eigenvalue weighted by atomic mass is 16.5. The van der Waals surface area contributed by atoms with Gasteiger partial charge >= 0.3 is 0 Å². The van der Waals surface area contributed by atoms with Crippen molar-refractivity contribution in [1.82, 2.24) is 0 Å². The lowest BCUT2D eigenvalue weighted by Crippen LogP contribution is -2.20. The standard InChI is InChI=1S/C22H26N2O3/c1-3-27-20-12-10-17(16-21(20)26-2)11-13-22(25)23-18-8-4-5-9-19(18)24-14-6-7-15-24/h4-5,8-13,16H,3,6-7,14-15H2,1-2H3,(H,23,25)/b13-11+. The summed E-state index contributed by atoms with van der Waals surface area (Å²) in [5.41, 5.74) is 2.80. The molecule has 3 rings (SSSR count). The molecule has 0 spiro atoms. The Hall–Kier alpha value is -2.95. The van der Waals surface area contributed by atoms with E-state index in [4.69, 9.17) is 9.47 Å². The van der Waals surface area contributed by atoms with E-state index in [1.165, 1.54) is 18.9 Å². The molecule has 5 heteroatoms. The molecule has 0 unspecified atom stereocenters. The topological polar surface area (TPSA) is 50.8 Å². The van der Waals surface area contributed by atoms with Crippen LogP contribution in [0.5, 0.6) is 11.5 Å². The van der Waals surface area contributed by atoms with Crippen LogP contribution in [0.2, 0.25) is 0 Å². The number of hydrogen-bond donors (Lipinski definition) is 1. The van der Waals surface area contributed by atoms with Crippen molar-refractivity contribution in [3.63, 3.8) is 0 Å². The Morgan fingerprint density at radius 3 is 2.67 bits per heavy atom. The molecule has 142 valence electrons. The van der Waals surface area contributed by atoms with Gasteiger partial charge in [0.15, 0.2) is 11.5 Å². The van der Waals surface area contributed by atoms with Crippen LogP contribution < -0.4 is 19.7 Å². The van der Waals surface area contributed by atoms with E-state index in [1.54, 1.807) is 13.2 Å². The summed E-state index contributed by atoms with van der Waals surface area (Å²) in [7, 11) is 1.60. The molecule has 2 aromatic rings. The first-order valence-electron chi connectivity index (χ1n) is 9.35. The average molecular weight is 366 g/mol. The molecule has 0 radical (unpaired) electrons. The number of hydrogen-bond acceptors (Lipinski definition) is 4. The maximum atomic E-state index is 12.4. The number of nitrogens with zero attached hydrogens (tertiary/aromatic N) is 1. The quantitative estimate of drug-likeness (QED) is 0.741. The van der Waals surface area contributed by atoms with Crippen LogP contribution in [0.3, 0.4) is 0 Å². The summed E-state index contributed by atoms with van der Waals surface area (Å²) in [5, 5.41) is 2.99. The summed E-state index contributed by atoms with van der Waals surface area (Å²) in [6, 6.07) is 13.5. The van der Waals surface area contributed by atoms with Crippen LogP contribution in [0.15, 0.2) is 48.5 Å². The summed E-state index contributed by atoms with van der Waals surface area (Å²) in [6.45, 7) is 4.57. The molecule has 1 amide bonds. The molecule has 1 aliphatic heterocycles. The highest BCUT2D eigenvalue weighted by molar-refractivity contribution is 6.03. The van der Waals surface area contributed by atoms with Gasteiger partial charge in [0.05, 0.1) is 25.1 Å². The molecule has 1 fully saturated rings. The summed E-state index contributed by atoms with van der Waals surface area (Å²) >= 11 is 0. The maximum Gasteiger partial charge on any atom is 0.248 e. The molecule has 27 heavy (non-hydrogen) atoms. The summed E-state index contributed by atoms with van der Waals surface area (Å²) in [5.74, 6) is 1.19. The van der Waals surface area contributed by atoms with Gasteiger partial charge < -0.3 is 19.7 Å². The van der Waals surface area contributed by atoms with Crippen molar-refractivity contribution in [3.05, 3.63) is 54.1 Å². The summed E-state index contributed by atoms with van der Waals surface area (Å²) in [6.07, 6.45) is 5.70. The van der Waals surface area contributed by atoms with Gasteiger partial charge in [-0.2, -0.15) is 0 Å². The second-order valence-corrected chi connectivity index (χ2v) is 6.38. The number of anilines is 2. The van der Waals surface area contributed by atoms with Crippen LogP contribution in [-0.2, 0) is 4.79 Å². The second-order valence-electron chi connectivity index (χ2n) is 6.38. The summed E-state index contributed by atoms with van der Waals surface area (Å²) in [4.78, 5) is 14.7. The molecule has 1 aliphatic rings. The van der Waals surface area contributed by atoms with Gasteiger partial charge in [0.1, 0.15) is 0 Å². The predicted octanol–water partition coefficient (Wildman–Crippen LogP) is 4.35. The Morgan fingerprint density at radius 1 is 1.15 bits per heavy atom. The number of methoxy groups -OCH3 is 1. The van der Waals surface area contributed by atoms with Gasteiger partial charge in [-0.05, 0) is 55.7 Å². The van der Waals surface area contributed by atoms with Crippen molar-refractivity contribution in [3.8, 4) is 11.5 Å². The van der Waals surface area contributed by atoms with Gasteiger partial charge in [0.25, 0.3) is 0 Å². The molecule has 0 saturated carbocycles. The number of rotatable bonds is 7. The fourth-order valence-corrected chi connectivity index (χ4v) is 3.22. The molecule has 1 saturated heterocycles. The first-order chi connectivity index (χ1) is 13.2. The minimum absolute atomic E-state index is 0.158. The predicted molar refractivity (Wildman–Crippen MR) is 110 cm³/mol. The van der Waals surface area contributed by atoms with Crippen molar-refractivity contribution < 1.29 is 14.3 Å². The number of benzene rings is 2. The zero-order valence-corrected chi connectivity index (χ0v) is 15.9. The first-order valence-corrected chi connectivity index (χ1v) is 9.35. The molecule has 0 atom stereocenters. The molecular weight excluding hydrogens is 340 g/mol. The van der Waals surface area contributed by atoms with E-state index in [0.29, 0.717) is 18.1 Å². The molecule has 0 aromatic heterocycles. The molecule has 2 aromatic carbocycles. The molecule has 1 N–H and O–H groups in total. The largest absolute Gasteiger partial charge is 0.493 e. The highest BCUT2D eigenvalue weighted by Crippen LogP contribution is 2.30. The number of ether oxygens (including phenoxy) is 2. The zero-order valence-electron chi connectivity index (χ0n) is 15.9. The monoisotopic (exact) mass is 366 g/mol. The van der Waals surface area contributed by atoms with Crippen LogP contribution in [0.1, 0.15) is 25.3 Å². The van der Waals surface area contributed by atoms with Crippen molar-refractivity contribution in [2.75, 3.05) is 37.0 Å². The Morgan fingerprint density at radius 2 is 1.93 bits per heavy atom. The lowest BCUT2D eigenvalue weighted by Gasteiger charge is -2.21. The maximum absolute atomic E-state index is 12.4. The Balaban J connectivity index is 1.69. The molecule has 5 nitrogen and oxygen atoms in total. The molecular formula is C22H26N2O3. The molecule has 1 heterocycles. The van der Waals surface area contributed by atoms with Crippen LogP contribution in [0.25, 0.3) is 6.08 Å². The van der Waals surface area contributed by atoms with Gasteiger partial charge in [-0.3, -0.25) is 4.79 Å². The number of nitrogens with one attached hydrogen (secondary N) is 1. The third-order valence-corrected chi connectivity index (χ3v) is 4.52. The van der Waals surface area contributed by atoms with E-state index < -0.39 is 0 Å². The van der Waals surface area contributed by atoms with E-state index in [0.717, 1.165) is 30.0 Å². The third kappa shape index (κ3) is 4.82. The van der Waals surface area contributed by atoms with Crippen LogP contribution in [0.4, 0.5) is 11.4 Å². The third-order valence-electron chi connectivity index (χ3n) is 4.52. The van der Waals surface area contributed by atoms with E-state index in [2.05, 4.69) is 16.3 Å². The van der Waals surface area contributed by atoms with Gasteiger partial charge in [0, 0.05) is 19.2 Å². The fourth-order valence-electron chi connectivity index (χ4n) is 3.22. The van der Waals surface area contributed by atoms with Crippen molar-refractivity contribution in [2.24, 2.45) is 0 Å². The van der Waals surface area contributed by atoms with Gasteiger partial charge in [-0.1, -0.05) is 18.2 Å². The first kappa shape index (κ1) is 18.8. The summed E-state index contributed by atoms with van der Waals surface area (Å²) < 4.78 is 10.9. The minimum Gasteiger partial charge on any atom is -0.493 e. The smallest absolute Gasteiger partial charge is 0.248 e. The van der Waals surface area contributed by atoms with E-state index in [-0.39, 0.29) is 5.91 Å². The number of carbonyl (C=O) groups is 1. The lowest BCUT2D eigenvalue weighted by atomic mass is 10.2. The lowest BCUT2D eigenvalue weighted by molar-refractivity contribution is -0.111. The highest BCUT2D eigenvalue weighted by Gasteiger charge is 2.15. The van der Waals surface area contributed by atoms with Crippen LogP contribution >= 0.6 is 0 Å². The number of para-hydroxylation sites is 2. The minimum atomic E-state index is -0.158. The fraction of sp³-hybridized carbons (Fsp3) is 0.318. The van der Waals surface area contributed by atoms with E-state index in [9.17, 15) is 4.79 Å². The molecule has 0 bridgehead atoms. The zero-order chi connectivity index (χ0) is 19.1. The van der Waals surface area contributed by atoms with Crippen LogP contribution in [0, 0.1) is 0 Å². The number of amides is 1. The van der Waals surface area contributed by atoms with Gasteiger partial charge in [0.2, 0.25) is 5.91 Å². The SMILES string of the molecule is CCOc1ccc(/C=C/C(=O)Nc2ccccc2N2CCCC2)cc1OC. The normalized spacial score (nSPS) is 13.8. The van der Waals surface area contributed by atoms with E-state index in [1.807, 2.05) is 43.3 Å². The second kappa shape index (κ2) is 9.12. The number of carbonyl (C=O) groups excluding carboxylic acids is 1. The average Bonchev–Trinajstić information content (AvgIpc) is 3.22. The van der Waals surface area contributed by atoms with Gasteiger partial charge in [-0.15, -0.1) is 0 Å². The van der Waals surface area contributed by atoms with Gasteiger partial charge in [-0.25, -0.2) is 0 Å². The Kier molecular flexibility index (Phi) is 6.36. The van der Waals surface area contributed by atoms with Crippen molar-refractivity contribution in [2.45, 2.75) is 19.8 Å². The Bertz CT molecular complexity index is 811. The van der Waals surface area contributed by atoms with Crippen LogP contribution in [-0.4, -0.2) is 32.7 Å².